The molecule has 2 rings (SSSR count). The summed E-state index contributed by atoms with van der Waals surface area (Å²) in [4.78, 5) is 0. The van der Waals surface area contributed by atoms with Crippen LogP contribution in [0.4, 0.5) is 5.69 Å². The average molecular weight is 271 g/mol. The lowest BCUT2D eigenvalue weighted by Crippen LogP contribution is -2.07. The van der Waals surface area contributed by atoms with Crippen molar-refractivity contribution in [3.63, 3.8) is 0 Å². The summed E-state index contributed by atoms with van der Waals surface area (Å²) in [5.74, 6) is 2.26. The predicted molar refractivity (Wildman–Crippen MR) is 82.5 cm³/mol. The first-order chi connectivity index (χ1) is 9.60. The van der Waals surface area contributed by atoms with Crippen molar-refractivity contribution in [2.24, 2.45) is 0 Å². The molecule has 0 aromatic heterocycles. The highest BCUT2D eigenvalue weighted by Gasteiger charge is 2.07. The van der Waals surface area contributed by atoms with Gasteiger partial charge in [-0.15, -0.1) is 0 Å². The van der Waals surface area contributed by atoms with E-state index >= 15 is 0 Å². The number of benzene rings is 2. The van der Waals surface area contributed by atoms with Crippen LogP contribution in [0.15, 0.2) is 42.5 Å². The molecule has 0 aliphatic rings. The normalized spacial score (nSPS) is 10.6. The minimum absolute atomic E-state index is 0.0791. The monoisotopic (exact) mass is 271 g/mol. The lowest BCUT2D eigenvalue weighted by Gasteiger charge is -2.15. The number of nitrogen functional groups attached to an aromatic ring is 1. The average Bonchev–Trinajstić information content (AvgIpc) is 2.42. The van der Waals surface area contributed by atoms with Crippen molar-refractivity contribution in [1.82, 2.24) is 0 Å². The Hall–Kier alpha value is -2.16. The fourth-order valence-electron chi connectivity index (χ4n) is 1.96. The van der Waals surface area contributed by atoms with E-state index in [1.54, 1.807) is 0 Å². The van der Waals surface area contributed by atoms with Crippen molar-refractivity contribution in [3.05, 3.63) is 48.0 Å². The molecule has 2 N–H and O–H groups in total. The fraction of sp³-hybridized carbons (Fsp3) is 0.294. The molecule has 0 heterocycles. The molecule has 0 fully saturated rings. The number of hydrogen-bond acceptors (Lipinski definition) is 3. The summed E-state index contributed by atoms with van der Waals surface area (Å²) in [6.45, 7) is 6.05. The van der Waals surface area contributed by atoms with E-state index < -0.39 is 0 Å². The van der Waals surface area contributed by atoms with E-state index in [0.29, 0.717) is 11.4 Å². The van der Waals surface area contributed by atoms with Crippen LogP contribution in [-0.2, 0) is 6.42 Å². The highest BCUT2D eigenvalue weighted by Crippen LogP contribution is 2.32. The van der Waals surface area contributed by atoms with Gasteiger partial charge in [0.05, 0.1) is 11.8 Å². The summed E-state index contributed by atoms with van der Waals surface area (Å²) in [6.07, 6.45) is 1.01. The molecule has 0 saturated heterocycles. The molecule has 0 amide bonds. The van der Waals surface area contributed by atoms with E-state index in [1.807, 2.05) is 50.2 Å². The van der Waals surface area contributed by atoms with Gasteiger partial charge in [0.2, 0.25) is 0 Å². The predicted octanol–water partition coefficient (Wildman–Crippen LogP) is 4.41. The van der Waals surface area contributed by atoms with Crippen molar-refractivity contribution < 1.29 is 9.47 Å². The first-order valence-electron chi connectivity index (χ1n) is 6.92. The number of aryl methyl sites for hydroxylation is 1. The summed E-state index contributed by atoms with van der Waals surface area (Å²) >= 11 is 0. The van der Waals surface area contributed by atoms with Gasteiger partial charge in [-0.2, -0.15) is 0 Å². The van der Waals surface area contributed by atoms with Gasteiger partial charge in [-0.1, -0.05) is 25.1 Å². The zero-order valence-corrected chi connectivity index (χ0v) is 12.2. The third kappa shape index (κ3) is 3.44. The number of hydrogen-bond donors (Lipinski definition) is 1. The van der Waals surface area contributed by atoms with Crippen LogP contribution in [0.1, 0.15) is 26.3 Å². The van der Waals surface area contributed by atoms with Gasteiger partial charge in [-0.05, 0) is 44.0 Å². The summed E-state index contributed by atoms with van der Waals surface area (Å²) in [6, 6.07) is 13.5. The summed E-state index contributed by atoms with van der Waals surface area (Å²) in [7, 11) is 0. The first kappa shape index (κ1) is 14.3. The van der Waals surface area contributed by atoms with E-state index in [0.717, 1.165) is 17.9 Å². The number of rotatable bonds is 5. The lowest BCUT2D eigenvalue weighted by atomic mass is 10.1. The van der Waals surface area contributed by atoms with Crippen molar-refractivity contribution in [3.8, 4) is 17.2 Å². The highest BCUT2D eigenvalue weighted by atomic mass is 16.5. The Kier molecular flexibility index (Phi) is 4.51. The molecule has 2 aromatic rings. The SMILES string of the molecule is CCc1ccccc1Oc1ccc(N)c(OC(C)C)c1. The Morgan fingerprint density at radius 3 is 2.50 bits per heavy atom. The second-order valence-corrected chi connectivity index (χ2v) is 4.93. The molecule has 20 heavy (non-hydrogen) atoms. The minimum Gasteiger partial charge on any atom is -0.489 e. The molecule has 0 bridgehead atoms. The van der Waals surface area contributed by atoms with Gasteiger partial charge in [0.1, 0.15) is 17.2 Å². The topological polar surface area (TPSA) is 44.5 Å². The Bertz CT molecular complexity index is 579. The molecule has 0 atom stereocenters. The van der Waals surface area contributed by atoms with Crippen LogP contribution >= 0.6 is 0 Å². The molecule has 0 saturated carbocycles. The van der Waals surface area contributed by atoms with Gasteiger partial charge < -0.3 is 15.2 Å². The second kappa shape index (κ2) is 6.33. The van der Waals surface area contributed by atoms with Crippen LogP contribution in [0.3, 0.4) is 0 Å². The van der Waals surface area contributed by atoms with E-state index in [4.69, 9.17) is 15.2 Å². The van der Waals surface area contributed by atoms with Crippen LogP contribution in [0, 0.1) is 0 Å². The fourth-order valence-corrected chi connectivity index (χ4v) is 1.96. The molecule has 0 aliphatic heterocycles. The van der Waals surface area contributed by atoms with Crippen molar-refractivity contribution in [2.45, 2.75) is 33.3 Å². The van der Waals surface area contributed by atoms with Crippen LogP contribution < -0.4 is 15.2 Å². The van der Waals surface area contributed by atoms with Gasteiger partial charge in [0.15, 0.2) is 0 Å². The van der Waals surface area contributed by atoms with E-state index in [2.05, 4.69) is 13.0 Å². The van der Waals surface area contributed by atoms with Gasteiger partial charge in [-0.3, -0.25) is 0 Å². The molecule has 0 radical (unpaired) electrons. The molecule has 0 spiro atoms. The smallest absolute Gasteiger partial charge is 0.146 e. The maximum Gasteiger partial charge on any atom is 0.146 e. The van der Waals surface area contributed by atoms with Crippen LogP contribution in [0.5, 0.6) is 17.2 Å². The zero-order chi connectivity index (χ0) is 14.5. The molecular formula is C17H21NO2. The number of para-hydroxylation sites is 1. The Morgan fingerprint density at radius 2 is 1.80 bits per heavy atom. The third-order valence-electron chi connectivity index (χ3n) is 2.93. The Balaban J connectivity index is 2.25. The number of nitrogens with two attached hydrogens (primary N) is 1. The van der Waals surface area contributed by atoms with Crippen LogP contribution in [0.25, 0.3) is 0 Å². The molecule has 3 heteroatoms. The molecule has 0 unspecified atom stereocenters. The van der Waals surface area contributed by atoms with E-state index in [-0.39, 0.29) is 6.10 Å². The number of anilines is 1. The molecular weight excluding hydrogens is 250 g/mol. The molecule has 0 aliphatic carbocycles. The van der Waals surface area contributed by atoms with Gasteiger partial charge in [0, 0.05) is 6.07 Å². The largest absolute Gasteiger partial charge is 0.489 e. The third-order valence-corrected chi connectivity index (χ3v) is 2.93. The van der Waals surface area contributed by atoms with Gasteiger partial charge in [-0.25, -0.2) is 0 Å². The van der Waals surface area contributed by atoms with Crippen molar-refractivity contribution in [2.75, 3.05) is 5.73 Å². The van der Waals surface area contributed by atoms with Crippen LogP contribution in [0.2, 0.25) is 0 Å². The van der Waals surface area contributed by atoms with Gasteiger partial charge in [0.25, 0.3) is 0 Å². The quantitative estimate of drug-likeness (QED) is 0.819. The lowest BCUT2D eigenvalue weighted by molar-refractivity contribution is 0.243. The minimum atomic E-state index is 0.0791. The first-order valence-corrected chi connectivity index (χ1v) is 6.92. The van der Waals surface area contributed by atoms with Gasteiger partial charge >= 0.3 is 0 Å². The van der Waals surface area contributed by atoms with Crippen molar-refractivity contribution in [1.29, 1.82) is 0 Å². The second-order valence-electron chi connectivity index (χ2n) is 4.93. The van der Waals surface area contributed by atoms with E-state index in [9.17, 15) is 0 Å². The number of ether oxygens (including phenoxy) is 2. The Labute approximate surface area is 120 Å². The summed E-state index contributed by atoms with van der Waals surface area (Å²) in [5, 5.41) is 0. The maximum absolute atomic E-state index is 5.94. The summed E-state index contributed by atoms with van der Waals surface area (Å²) < 4.78 is 11.6. The zero-order valence-electron chi connectivity index (χ0n) is 12.2. The Morgan fingerprint density at radius 1 is 1.05 bits per heavy atom. The molecule has 106 valence electrons. The van der Waals surface area contributed by atoms with E-state index in [1.165, 1.54) is 5.56 Å². The molecule has 2 aromatic carbocycles. The standard InChI is InChI=1S/C17H21NO2/c1-4-13-7-5-6-8-16(13)20-14-9-10-15(18)17(11-14)19-12(2)3/h5-12H,4,18H2,1-3H3. The summed E-state index contributed by atoms with van der Waals surface area (Å²) in [5.41, 5.74) is 7.70. The highest BCUT2D eigenvalue weighted by molar-refractivity contribution is 5.56. The molecule has 3 nitrogen and oxygen atoms in total. The van der Waals surface area contributed by atoms with Crippen LogP contribution in [-0.4, -0.2) is 6.10 Å². The maximum atomic E-state index is 5.94. The van der Waals surface area contributed by atoms with Crippen molar-refractivity contribution >= 4 is 5.69 Å².